The Balaban J connectivity index is 1.23. The van der Waals surface area contributed by atoms with Crippen LogP contribution in [-0.2, 0) is 0 Å². The first-order valence-corrected chi connectivity index (χ1v) is 19.0. The normalized spacial score (nSPS) is 11.7. The van der Waals surface area contributed by atoms with E-state index < -0.39 is 0 Å². The lowest BCUT2D eigenvalue weighted by molar-refractivity contribution is 0.670. The lowest BCUT2D eigenvalue weighted by Gasteiger charge is -2.34. The van der Waals surface area contributed by atoms with Gasteiger partial charge in [0, 0.05) is 33.1 Å². The molecule has 0 N–H and O–H groups in total. The predicted octanol–water partition coefficient (Wildman–Crippen LogP) is 2.99. The quantitative estimate of drug-likeness (QED) is 0.201. The van der Waals surface area contributed by atoms with Gasteiger partial charge in [0.25, 0.3) is 0 Å². The number of hydrogen-bond donors (Lipinski definition) is 0. The first kappa shape index (κ1) is 37.2. The molecule has 0 aliphatic carbocycles. The first-order valence-electron chi connectivity index (χ1n) is 19.0. The fourth-order valence-electron chi connectivity index (χ4n) is 8.62. The smallest absolute Gasteiger partial charge is 0.143 e. The van der Waals surface area contributed by atoms with Crippen LogP contribution in [0.4, 0.5) is 17.1 Å². The molecule has 59 heavy (non-hydrogen) atoms. The van der Waals surface area contributed by atoms with Crippen LogP contribution in [0.25, 0.3) is 76.5 Å². The number of hydrogen-bond acceptors (Lipinski definition) is 2. The van der Waals surface area contributed by atoms with Crippen LogP contribution in [-0.4, -0.2) is 70.6 Å². The van der Waals surface area contributed by atoms with Gasteiger partial charge in [-0.2, -0.15) is 0 Å². The number of nitrogens with zero attached hydrogens (tertiary/aromatic N) is 1. The number of para-hydroxylation sites is 2. The Kier molecular flexibility index (Phi) is 8.87. The third-order valence-corrected chi connectivity index (χ3v) is 11.6. The molecule has 9 aromatic carbocycles. The van der Waals surface area contributed by atoms with Crippen LogP contribution in [0.1, 0.15) is 0 Å². The van der Waals surface area contributed by atoms with Gasteiger partial charge in [-0.05, 0) is 67.9 Å². The average molecular weight is 726 g/mol. The molecule has 1 heterocycles. The van der Waals surface area contributed by atoms with Gasteiger partial charge in [0.2, 0.25) is 0 Å². The summed E-state index contributed by atoms with van der Waals surface area (Å²) in [6, 6.07) is 45.1. The summed E-state index contributed by atoms with van der Waals surface area (Å²) in [5.74, 6) is 0. The zero-order valence-electron chi connectivity index (χ0n) is 31.8. The highest BCUT2D eigenvalue weighted by Crippen LogP contribution is 2.43. The van der Waals surface area contributed by atoms with E-state index in [4.69, 9.17) is 75.0 Å². The lowest BCUT2D eigenvalue weighted by atomic mass is 9.59. The summed E-state index contributed by atoms with van der Waals surface area (Å²) < 4.78 is 6.36. The Morgan fingerprint density at radius 3 is 1.64 bits per heavy atom. The number of benzene rings is 9. The number of fused-ring (bicyclic) bond motifs is 7. The van der Waals surface area contributed by atoms with Crippen molar-refractivity contribution in [1.82, 2.24) is 0 Å². The van der Waals surface area contributed by atoms with Crippen LogP contribution in [0.2, 0.25) is 0 Å². The Morgan fingerprint density at radius 1 is 0.373 bits per heavy atom. The Hall–Kier alpha value is -6.06. The molecule has 0 unspecified atom stereocenters. The second-order valence-corrected chi connectivity index (χ2v) is 14.8. The fourth-order valence-corrected chi connectivity index (χ4v) is 8.62. The maximum Gasteiger partial charge on any atom is 0.143 e. The summed E-state index contributed by atoms with van der Waals surface area (Å²) in [7, 11) is 60.7. The van der Waals surface area contributed by atoms with Crippen molar-refractivity contribution in [3.05, 3.63) is 133 Å². The van der Waals surface area contributed by atoms with E-state index in [1.807, 2.05) is 59.5 Å². The molecular weight excluding hydrogens is 704 g/mol. The topological polar surface area (TPSA) is 16.4 Å². The van der Waals surface area contributed by atoms with Gasteiger partial charge in [-0.1, -0.05) is 137 Å². The molecule has 0 saturated heterocycles. The molecule has 0 spiro atoms. The summed E-state index contributed by atoms with van der Waals surface area (Å²) in [5.41, 5.74) is 8.93. The summed E-state index contributed by atoms with van der Waals surface area (Å²) in [6.45, 7) is 0. The molecule has 11 heteroatoms. The van der Waals surface area contributed by atoms with Crippen LogP contribution < -0.4 is 54.1 Å². The molecule has 0 amide bonds. The van der Waals surface area contributed by atoms with E-state index in [1.54, 1.807) is 0 Å². The molecule has 2 nitrogen and oxygen atoms in total. The predicted molar refractivity (Wildman–Crippen MR) is 260 cm³/mol. The highest BCUT2D eigenvalue weighted by molar-refractivity contribution is 6.73. The SMILES string of the molecule is [B]c1c([B])c([B])c2c(c1[B])c([B])c(N(c1cccc(-c3ccc(-c4cccc5c4oc4ccccc45)cc3)c1)c1cccc3ccccc13)c1c([B])c([B])c([B])c([B])c12. The average Bonchev–Trinajstić information content (AvgIpc) is 3.66. The zero-order valence-corrected chi connectivity index (χ0v) is 31.8. The maximum absolute atomic E-state index is 7.34. The third-order valence-electron chi connectivity index (χ3n) is 11.6. The van der Waals surface area contributed by atoms with Crippen LogP contribution in [0.5, 0.6) is 0 Å². The first-order chi connectivity index (χ1) is 28.5. The van der Waals surface area contributed by atoms with Crippen LogP contribution in [0, 0.1) is 0 Å². The van der Waals surface area contributed by atoms with E-state index in [0.717, 1.165) is 66.3 Å². The van der Waals surface area contributed by atoms with Gasteiger partial charge in [-0.3, -0.25) is 0 Å². The standard InChI is InChI=1S/C48H22B9NO/c49-38-34-35-37(41(52)46(57)44(55)39(35)50)47(42(53)36(34)40(51)45(56)43(38)54)58(32-16-6-9-24-8-1-2-12-28(24)32)27-11-5-10-26(22-27)23-18-20-25(21-19-23)29-14-7-15-31-30-13-3-4-17-33(30)59-48(29)31/h1-22H. The molecular formula is C48H22B9NO. The van der Waals surface area contributed by atoms with Gasteiger partial charge in [-0.25, -0.2) is 0 Å². The Morgan fingerprint density at radius 2 is 0.915 bits per heavy atom. The third kappa shape index (κ3) is 5.61. The maximum atomic E-state index is 7.34. The monoisotopic (exact) mass is 727 g/mol. The van der Waals surface area contributed by atoms with Crippen molar-refractivity contribution in [3.63, 3.8) is 0 Å². The molecule has 18 radical (unpaired) electrons. The number of furan rings is 1. The second-order valence-electron chi connectivity index (χ2n) is 14.8. The molecule has 252 valence electrons. The van der Waals surface area contributed by atoms with Crippen molar-refractivity contribution in [2.24, 2.45) is 0 Å². The van der Waals surface area contributed by atoms with Crippen LogP contribution >= 0.6 is 0 Å². The number of anilines is 3. The molecule has 0 bridgehead atoms. The minimum Gasteiger partial charge on any atom is -0.455 e. The lowest BCUT2D eigenvalue weighted by Crippen LogP contribution is -2.52. The molecule has 0 aliphatic rings. The summed E-state index contributed by atoms with van der Waals surface area (Å²) in [5, 5.41) is 5.68. The van der Waals surface area contributed by atoms with Gasteiger partial charge in [0.1, 0.15) is 81.8 Å². The van der Waals surface area contributed by atoms with Gasteiger partial charge >= 0.3 is 0 Å². The molecule has 10 rings (SSSR count). The van der Waals surface area contributed by atoms with Gasteiger partial charge in [0.05, 0.1) is 5.69 Å². The van der Waals surface area contributed by atoms with E-state index >= 15 is 0 Å². The number of rotatable bonds is 5. The molecule has 1 aromatic heterocycles. The van der Waals surface area contributed by atoms with Crippen molar-refractivity contribution in [1.29, 1.82) is 0 Å². The zero-order chi connectivity index (χ0) is 40.9. The summed E-state index contributed by atoms with van der Waals surface area (Å²) in [4.78, 5) is 2.05. The largest absolute Gasteiger partial charge is 0.455 e. The minimum atomic E-state index is 0.0933. The molecule has 0 aliphatic heterocycles. The van der Waals surface area contributed by atoms with Gasteiger partial charge in [0.15, 0.2) is 0 Å². The van der Waals surface area contributed by atoms with Crippen molar-refractivity contribution in [3.8, 4) is 22.3 Å². The molecule has 10 aromatic rings. The van der Waals surface area contributed by atoms with Crippen molar-refractivity contribution < 1.29 is 4.42 Å². The summed E-state index contributed by atoms with van der Waals surface area (Å²) in [6.07, 6.45) is 0. The van der Waals surface area contributed by atoms with Gasteiger partial charge in [-0.15, -0.1) is 21.9 Å². The van der Waals surface area contributed by atoms with Gasteiger partial charge < -0.3 is 9.32 Å². The highest BCUT2D eigenvalue weighted by atomic mass is 16.3. The second kappa shape index (κ2) is 14.1. The van der Waals surface area contributed by atoms with Crippen LogP contribution in [0.3, 0.4) is 0 Å². The van der Waals surface area contributed by atoms with E-state index in [2.05, 4.69) is 78.9 Å². The van der Waals surface area contributed by atoms with Crippen molar-refractivity contribution >= 4 is 191 Å². The van der Waals surface area contributed by atoms with Crippen molar-refractivity contribution in [2.45, 2.75) is 0 Å². The van der Waals surface area contributed by atoms with E-state index in [0.29, 0.717) is 27.2 Å². The summed E-state index contributed by atoms with van der Waals surface area (Å²) >= 11 is 0. The van der Waals surface area contributed by atoms with E-state index in [-0.39, 0.29) is 49.2 Å². The molecule has 0 atom stereocenters. The highest BCUT2D eigenvalue weighted by Gasteiger charge is 2.26. The Bertz CT molecular complexity index is 3390. The van der Waals surface area contributed by atoms with E-state index in [1.165, 1.54) is 0 Å². The van der Waals surface area contributed by atoms with Crippen molar-refractivity contribution in [2.75, 3.05) is 4.90 Å². The van der Waals surface area contributed by atoms with Crippen LogP contribution in [0.15, 0.2) is 138 Å². The minimum absolute atomic E-state index is 0.0933. The molecule has 0 saturated carbocycles. The van der Waals surface area contributed by atoms with E-state index in [9.17, 15) is 0 Å². The molecule has 0 fully saturated rings. The fraction of sp³-hybridized carbons (Fsp3) is 0. The Labute approximate surface area is 354 Å².